The Balaban J connectivity index is 1.83. The molecule has 1 aliphatic rings. The van der Waals surface area contributed by atoms with E-state index in [1.807, 2.05) is 12.1 Å². The number of rotatable bonds is 10. The number of primary amides is 1. The third-order valence-electron chi connectivity index (χ3n) is 5.52. The molecule has 0 heterocycles. The van der Waals surface area contributed by atoms with Crippen molar-refractivity contribution in [2.75, 3.05) is 13.1 Å². The number of hydrogen-bond donors (Lipinski definition) is 4. The Kier molecular flexibility index (Phi) is 10.2. The van der Waals surface area contributed by atoms with E-state index in [4.69, 9.17) is 5.73 Å². The predicted octanol–water partition coefficient (Wildman–Crippen LogP) is 2.71. The molecule has 0 saturated heterocycles. The summed E-state index contributed by atoms with van der Waals surface area (Å²) in [5.74, 6) is 0.828. The van der Waals surface area contributed by atoms with Crippen LogP contribution in [0.3, 0.4) is 0 Å². The quantitative estimate of drug-likeness (QED) is 0.348. The highest BCUT2D eigenvalue weighted by atomic mass is 16.2. The van der Waals surface area contributed by atoms with Crippen LogP contribution in [0.25, 0.3) is 0 Å². The summed E-state index contributed by atoms with van der Waals surface area (Å²) in [6, 6.07) is 7.58. The average Bonchev–Trinajstić information content (AvgIpc) is 2.75. The molecule has 0 bridgehead atoms. The molecule has 30 heavy (non-hydrogen) atoms. The first-order chi connectivity index (χ1) is 14.5. The van der Waals surface area contributed by atoms with E-state index in [1.54, 1.807) is 12.1 Å². The second-order valence-corrected chi connectivity index (χ2v) is 8.17. The number of carbonyl (C=O) groups excluding carboxylic acids is 2. The van der Waals surface area contributed by atoms with Gasteiger partial charge in [-0.15, -0.1) is 0 Å². The molecule has 1 aliphatic carbocycles. The lowest BCUT2D eigenvalue weighted by atomic mass is 9.85. The van der Waals surface area contributed by atoms with E-state index in [0.29, 0.717) is 18.2 Å². The number of guanidine groups is 1. The highest BCUT2D eigenvalue weighted by Crippen LogP contribution is 2.27. The highest BCUT2D eigenvalue weighted by molar-refractivity contribution is 5.96. The van der Waals surface area contributed by atoms with Crippen molar-refractivity contribution < 1.29 is 9.59 Å². The summed E-state index contributed by atoms with van der Waals surface area (Å²) in [5, 5.41) is 9.31. The van der Waals surface area contributed by atoms with Gasteiger partial charge in [0.25, 0.3) is 5.91 Å². The van der Waals surface area contributed by atoms with Gasteiger partial charge in [-0.1, -0.05) is 44.2 Å². The van der Waals surface area contributed by atoms with Gasteiger partial charge in [0.05, 0.1) is 13.1 Å². The standard InChI is InChI=1S/C23H37N5O2/c1-3-25-23(28-17(2)9-10-18-7-5-4-6-8-18)27-15-19-11-13-20(14-12-19)22(30)26-16-21(24)29/h11-14,17-18H,3-10,15-16H2,1-2H3,(H2,24,29)(H,26,30)(H2,25,27,28). The van der Waals surface area contributed by atoms with E-state index in [-0.39, 0.29) is 12.5 Å². The van der Waals surface area contributed by atoms with Crippen LogP contribution in [0.4, 0.5) is 0 Å². The Morgan fingerprint density at radius 3 is 2.47 bits per heavy atom. The van der Waals surface area contributed by atoms with Crippen molar-refractivity contribution in [1.29, 1.82) is 0 Å². The van der Waals surface area contributed by atoms with Gasteiger partial charge in [0.2, 0.25) is 5.91 Å². The van der Waals surface area contributed by atoms with E-state index < -0.39 is 5.91 Å². The summed E-state index contributed by atoms with van der Waals surface area (Å²) in [6.07, 6.45) is 9.40. The third kappa shape index (κ3) is 8.84. The SMILES string of the molecule is CCNC(=NCc1ccc(C(=O)NCC(N)=O)cc1)NC(C)CCC1CCCCC1. The molecule has 0 aromatic heterocycles. The van der Waals surface area contributed by atoms with Crippen LogP contribution in [0.2, 0.25) is 0 Å². The summed E-state index contributed by atoms with van der Waals surface area (Å²) in [7, 11) is 0. The van der Waals surface area contributed by atoms with Crippen molar-refractivity contribution in [3.05, 3.63) is 35.4 Å². The zero-order valence-corrected chi connectivity index (χ0v) is 18.4. The van der Waals surface area contributed by atoms with Gasteiger partial charge in [0, 0.05) is 18.2 Å². The van der Waals surface area contributed by atoms with Gasteiger partial charge in [-0.3, -0.25) is 9.59 Å². The molecule has 1 fully saturated rings. The lowest BCUT2D eigenvalue weighted by molar-refractivity contribution is -0.117. The zero-order chi connectivity index (χ0) is 21.8. The van der Waals surface area contributed by atoms with E-state index in [2.05, 4.69) is 34.8 Å². The Morgan fingerprint density at radius 1 is 1.13 bits per heavy atom. The normalized spacial score (nSPS) is 16.0. The minimum Gasteiger partial charge on any atom is -0.368 e. The van der Waals surface area contributed by atoms with Gasteiger partial charge in [-0.05, 0) is 50.3 Å². The summed E-state index contributed by atoms with van der Waals surface area (Å²) in [6.45, 7) is 5.44. The average molecular weight is 416 g/mol. The highest BCUT2D eigenvalue weighted by Gasteiger charge is 2.15. The van der Waals surface area contributed by atoms with Crippen molar-refractivity contribution in [2.24, 2.45) is 16.6 Å². The van der Waals surface area contributed by atoms with Crippen LogP contribution in [0.15, 0.2) is 29.3 Å². The van der Waals surface area contributed by atoms with Crippen LogP contribution in [0, 0.1) is 5.92 Å². The number of nitrogens with zero attached hydrogens (tertiary/aromatic N) is 1. The molecule has 1 unspecified atom stereocenters. The molecule has 2 amide bonds. The van der Waals surface area contributed by atoms with E-state index in [9.17, 15) is 9.59 Å². The molecule has 2 rings (SSSR count). The fourth-order valence-electron chi connectivity index (χ4n) is 3.79. The molecule has 0 radical (unpaired) electrons. The lowest BCUT2D eigenvalue weighted by Gasteiger charge is -2.24. The van der Waals surface area contributed by atoms with Gasteiger partial charge in [0.1, 0.15) is 0 Å². The zero-order valence-electron chi connectivity index (χ0n) is 18.4. The molecular formula is C23H37N5O2. The minimum absolute atomic E-state index is 0.165. The monoisotopic (exact) mass is 415 g/mol. The number of carbonyl (C=O) groups is 2. The number of nitrogens with two attached hydrogens (primary N) is 1. The van der Waals surface area contributed by atoms with Crippen molar-refractivity contribution in [2.45, 2.75) is 71.4 Å². The van der Waals surface area contributed by atoms with Gasteiger partial charge in [-0.25, -0.2) is 4.99 Å². The van der Waals surface area contributed by atoms with Crippen LogP contribution in [0.5, 0.6) is 0 Å². The molecule has 1 saturated carbocycles. The van der Waals surface area contributed by atoms with Gasteiger partial charge in [0.15, 0.2) is 5.96 Å². The van der Waals surface area contributed by atoms with E-state index >= 15 is 0 Å². The van der Waals surface area contributed by atoms with Crippen molar-refractivity contribution in [3.8, 4) is 0 Å². The molecule has 5 N–H and O–H groups in total. The van der Waals surface area contributed by atoms with E-state index in [1.165, 1.54) is 38.5 Å². The molecule has 0 aliphatic heterocycles. The summed E-state index contributed by atoms with van der Waals surface area (Å²) in [4.78, 5) is 27.4. The number of nitrogens with one attached hydrogen (secondary N) is 3. The Hall–Kier alpha value is -2.57. The maximum Gasteiger partial charge on any atom is 0.251 e. The third-order valence-corrected chi connectivity index (χ3v) is 5.52. The second kappa shape index (κ2) is 12.9. The molecule has 1 aromatic carbocycles. The van der Waals surface area contributed by atoms with Crippen LogP contribution >= 0.6 is 0 Å². The minimum atomic E-state index is -0.564. The van der Waals surface area contributed by atoms with Crippen molar-refractivity contribution in [3.63, 3.8) is 0 Å². The Labute approximate surface area is 180 Å². The van der Waals surface area contributed by atoms with Crippen LogP contribution in [-0.4, -0.2) is 36.9 Å². The number of aliphatic imine (C=N–C) groups is 1. The molecule has 1 aromatic rings. The predicted molar refractivity (Wildman–Crippen MR) is 121 cm³/mol. The first kappa shape index (κ1) is 23.7. The first-order valence-corrected chi connectivity index (χ1v) is 11.2. The van der Waals surface area contributed by atoms with E-state index in [0.717, 1.165) is 30.4 Å². The van der Waals surface area contributed by atoms with Crippen molar-refractivity contribution >= 4 is 17.8 Å². The van der Waals surface area contributed by atoms with Gasteiger partial charge in [-0.2, -0.15) is 0 Å². The maximum atomic E-state index is 11.9. The molecule has 166 valence electrons. The lowest BCUT2D eigenvalue weighted by Crippen LogP contribution is -2.42. The summed E-state index contributed by atoms with van der Waals surface area (Å²) in [5.41, 5.74) is 6.55. The summed E-state index contributed by atoms with van der Waals surface area (Å²) >= 11 is 0. The number of benzene rings is 1. The van der Waals surface area contributed by atoms with Crippen LogP contribution in [-0.2, 0) is 11.3 Å². The molecular weight excluding hydrogens is 378 g/mol. The molecule has 7 nitrogen and oxygen atoms in total. The van der Waals surface area contributed by atoms with Crippen molar-refractivity contribution in [1.82, 2.24) is 16.0 Å². The van der Waals surface area contributed by atoms with Gasteiger partial charge < -0.3 is 21.7 Å². The topological polar surface area (TPSA) is 109 Å². The largest absolute Gasteiger partial charge is 0.368 e. The number of hydrogen-bond acceptors (Lipinski definition) is 3. The first-order valence-electron chi connectivity index (χ1n) is 11.2. The van der Waals surface area contributed by atoms with Crippen LogP contribution < -0.4 is 21.7 Å². The second-order valence-electron chi connectivity index (χ2n) is 8.17. The van der Waals surface area contributed by atoms with Crippen LogP contribution in [0.1, 0.15) is 74.7 Å². The smallest absolute Gasteiger partial charge is 0.251 e. The molecule has 0 spiro atoms. The fraction of sp³-hybridized carbons (Fsp3) is 0.609. The molecule has 1 atom stereocenters. The van der Waals surface area contributed by atoms with Gasteiger partial charge >= 0.3 is 0 Å². The summed E-state index contributed by atoms with van der Waals surface area (Å²) < 4.78 is 0. The Bertz CT molecular complexity index is 696. The maximum absolute atomic E-state index is 11.9. The molecule has 7 heteroatoms. The number of amides is 2. The Morgan fingerprint density at radius 2 is 1.83 bits per heavy atom. The fourth-order valence-corrected chi connectivity index (χ4v) is 3.79.